The maximum Gasteiger partial charge on any atom is 0.322 e. The number of carbonyl (C=O) groups excluding carboxylic acids is 2. The van der Waals surface area contributed by atoms with Crippen molar-refractivity contribution in [3.63, 3.8) is 0 Å². The lowest BCUT2D eigenvalue weighted by Gasteiger charge is -2.23. The van der Waals surface area contributed by atoms with Crippen LogP contribution in [0.1, 0.15) is 43.2 Å². The summed E-state index contributed by atoms with van der Waals surface area (Å²) in [5.74, 6) is 0.249. The molecule has 3 amide bonds. The Labute approximate surface area is 224 Å². The van der Waals surface area contributed by atoms with Crippen LogP contribution in [0.4, 0.5) is 16.3 Å². The number of benzene rings is 3. The van der Waals surface area contributed by atoms with Gasteiger partial charge in [0, 0.05) is 23.7 Å². The molecular formula is C31H35N5O2. The second-order valence-electron chi connectivity index (χ2n) is 10.6. The van der Waals surface area contributed by atoms with Gasteiger partial charge in [0.15, 0.2) is 0 Å². The van der Waals surface area contributed by atoms with Crippen LogP contribution in [0.25, 0.3) is 5.69 Å². The number of hydrogen-bond donors (Lipinski definition) is 2. The molecule has 0 radical (unpaired) electrons. The molecule has 0 spiro atoms. The predicted octanol–water partition coefficient (Wildman–Crippen LogP) is 6.46. The van der Waals surface area contributed by atoms with Crippen LogP contribution >= 0.6 is 0 Å². The van der Waals surface area contributed by atoms with Gasteiger partial charge in [-0.15, -0.1) is 0 Å². The molecule has 0 fully saturated rings. The largest absolute Gasteiger partial charge is 0.322 e. The van der Waals surface area contributed by atoms with E-state index in [0.717, 1.165) is 28.1 Å². The lowest BCUT2D eigenvalue weighted by molar-refractivity contribution is -0.116. The fraction of sp³-hybridized carbons (Fsp3) is 0.258. The molecule has 1 heterocycles. The van der Waals surface area contributed by atoms with Crippen molar-refractivity contribution in [1.82, 2.24) is 14.7 Å². The van der Waals surface area contributed by atoms with Gasteiger partial charge in [-0.05, 0) is 54.8 Å². The normalized spacial score (nSPS) is 11.2. The molecule has 0 aliphatic rings. The lowest BCUT2D eigenvalue weighted by Crippen LogP contribution is -2.40. The van der Waals surface area contributed by atoms with E-state index < -0.39 is 0 Å². The maximum atomic E-state index is 13.4. The van der Waals surface area contributed by atoms with Crippen molar-refractivity contribution in [1.29, 1.82) is 0 Å². The van der Waals surface area contributed by atoms with E-state index in [0.29, 0.717) is 11.5 Å². The summed E-state index contributed by atoms with van der Waals surface area (Å²) in [5, 5.41) is 10.7. The zero-order valence-electron chi connectivity index (χ0n) is 22.7. The Morgan fingerprint density at radius 2 is 1.53 bits per heavy atom. The number of carbonyl (C=O) groups is 2. The van der Waals surface area contributed by atoms with Crippen molar-refractivity contribution >= 4 is 23.4 Å². The Balaban J connectivity index is 1.58. The molecule has 0 bridgehead atoms. The number of rotatable bonds is 7. The summed E-state index contributed by atoms with van der Waals surface area (Å²) in [5.41, 5.74) is 5.24. The number of anilines is 2. The monoisotopic (exact) mass is 509 g/mol. The molecule has 7 heteroatoms. The summed E-state index contributed by atoms with van der Waals surface area (Å²) in [4.78, 5) is 28.2. The Kier molecular flexibility index (Phi) is 7.96. The van der Waals surface area contributed by atoms with E-state index in [4.69, 9.17) is 5.10 Å². The minimum absolute atomic E-state index is 0.129. The molecule has 196 valence electrons. The zero-order valence-corrected chi connectivity index (χ0v) is 22.7. The molecular weight excluding hydrogens is 474 g/mol. The van der Waals surface area contributed by atoms with Crippen molar-refractivity contribution in [2.24, 2.45) is 0 Å². The van der Waals surface area contributed by atoms with Crippen molar-refractivity contribution in [2.75, 3.05) is 17.2 Å². The van der Waals surface area contributed by atoms with E-state index in [1.165, 1.54) is 4.90 Å². The molecule has 0 atom stereocenters. The highest BCUT2D eigenvalue weighted by atomic mass is 16.2. The Hall–Kier alpha value is -4.39. The summed E-state index contributed by atoms with van der Waals surface area (Å²) < 4.78 is 1.75. The second-order valence-corrected chi connectivity index (χ2v) is 10.6. The number of aryl methyl sites for hydroxylation is 2. The standard InChI is InChI=1S/C31H35N5O2/c1-22-11-9-15-25(17-22)32-30(38)35(20-24-13-7-6-8-14-24)21-29(37)33-28-19-27(31(3,4)5)34-36(28)26-16-10-12-23(2)18-26/h6-19H,20-21H2,1-5H3,(H,32,38)(H,33,37). The van der Waals surface area contributed by atoms with Gasteiger partial charge >= 0.3 is 6.03 Å². The van der Waals surface area contributed by atoms with Crippen LogP contribution < -0.4 is 10.6 Å². The van der Waals surface area contributed by atoms with E-state index in [1.54, 1.807) is 4.68 Å². The van der Waals surface area contributed by atoms with E-state index in [1.807, 2.05) is 98.8 Å². The lowest BCUT2D eigenvalue weighted by atomic mass is 9.92. The summed E-state index contributed by atoms with van der Waals surface area (Å²) in [6.45, 7) is 10.4. The van der Waals surface area contributed by atoms with Crippen LogP contribution in [0.5, 0.6) is 0 Å². The van der Waals surface area contributed by atoms with Gasteiger partial charge in [0.05, 0.1) is 11.4 Å². The van der Waals surface area contributed by atoms with E-state index in [-0.39, 0.29) is 30.4 Å². The van der Waals surface area contributed by atoms with Crippen LogP contribution in [0.15, 0.2) is 84.9 Å². The summed E-state index contributed by atoms with van der Waals surface area (Å²) >= 11 is 0. The van der Waals surface area contributed by atoms with Crippen molar-refractivity contribution in [2.45, 2.75) is 46.6 Å². The van der Waals surface area contributed by atoms with Crippen LogP contribution in [-0.4, -0.2) is 33.2 Å². The Bertz CT molecular complexity index is 1420. The Morgan fingerprint density at radius 1 is 0.842 bits per heavy atom. The molecule has 0 unspecified atom stereocenters. The van der Waals surface area contributed by atoms with Gasteiger partial charge in [-0.2, -0.15) is 5.10 Å². The number of nitrogens with one attached hydrogen (secondary N) is 2. The van der Waals surface area contributed by atoms with Crippen molar-refractivity contribution < 1.29 is 9.59 Å². The molecule has 0 saturated carbocycles. The van der Waals surface area contributed by atoms with Crippen LogP contribution in [-0.2, 0) is 16.8 Å². The van der Waals surface area contributed by atoms with Gasteiger partial charge in [0.2, 0.25) is 5.91 Å². The van der Waals surface area contributed by atoms with Crippen LogP contribution in [0, 0.1) is 13.8 Å². The minimum Gasteiger partial charge on any atom is -0.311 e. The highest BCUT2D eigenvalue weighted by molar-refractivity contribution is 5.96. The average molecular weight is 510 g/mol. The molecule has 4 rings (SSSR count). The van der Waals surface area contributed by atoms with E-state index in [2.05, 4.69) is 31.4 Å². The number of aromatic nitrogens is 2. The predicted molar refractivity (Wildman–Crippen MR) is 153 cm³/mol. The minimum atomic E-state index is -0.350. The molecule has 2 N–H and O–H groups in total. The van der Waals surface area contributed by atoms with Gasteiger partial charge in [0.25, 0.3) is 0 Å². The fourth-order valence-corrected chi connectivity index (χ4v) is 4.08. The van der Waals surface area contributed by atoms with Gasteiger partial charge in [0.1, 0.15) is 12.4 Å². The van der Waals surface area contributed by atoms with Gasteiger partial charge < -0.3 is 15.5 Å². The highest BCUT2D eigenvalue weighted by Gasteiger charge is 2.23. The van der Waals surface area contributed by atoms with Gasteiger partial charge in [-0.1, -0.05) is 75.4 Å². The van der Waals surface area contributed by atoms with Gasteiger partial charge in [-0.3, -0.25) is 4.79 Å². The molecule has 0 saturated heterocycles. The maximum absolute atomic E-state index is 13.4. The smallest absolute Gasteiger partial charge is 0.311 e. The fourth-order valence-electron chi connectivity index (χ4n) is 4.08. The SMILES string of the molecule is Cc1cccc(NC(=O)N(CC(=O)Nc2cc(C(C)(C)C)nn2-c2cccc(C)c2)Cc2ccccc2)c1. The molecule has 4 aromatic rings. The van der Waals surface area contributed by atoms with Crippen molar-refractivity contribution in [3.8, 4) is 5.69 Å². The highest BCUT2D eigenvalue weighted by Crippen LogP contribution is 2.26. The first-order valence-electron chi connectivity index (χ1n) is 12.7. The summed E-state index contributed by atoms with van der Waals surface area (Å²) in [7, 11) is 0. The first kappa shape index (κ1) is 26.7. The van der Waals surface area contributed by atoms with E-state index >= 15 is 0 Å². The third kappa shape index (κ3) is 6.88. The average Bonchev–Trinajstić information content (AvgIpc) is 3.28. The number of urea groups is 1. The molecule has 0 aliphatic heterocycles. The quantitative estimate of drug-likeness (QED) is 0.300. The first-order chi connectivity index (χ1) is 18.1. The number of hydrogen-bond acceptors (Lipinski definition) is 3. The Morgan fingerprint density at radius 3 is 2.18 bits per heavy atom. The topological polar surface area (TPSA) is 79.3 Å². The van der Waals surface area contributed by atoms with Crippen LogP contribution in [0.3, 0.4) is 0 Å². The molecule has 38 heavy (non-hydrogen) atoms. The number of amides is 3. The summed E-state index contributed by atoms with van der Waals surface area (Å²) in [6.07, 6.45) is 0. The molecule has 3 aromatic carbocycles. The van der Waals surface area contributed by atoms with Crippen LogP contribution in [0.2, 0.25) is 0 Å². The second kappa shape index (κ2) is 11.3. The first-order valence-corrected chi connectivity index (χ1v) is 12.7. The number of nitrogens with zero attached hydrogens (tertiary/aromatic N) is 3. The summed E-state index contributed by atoms with van der Waals surface area (Å²) in [6, 6.07) is 26.7. The molecule has 1 aromatic heterocycles. The molecule has 0 aliphatic carbocycles. The third-order valence-corrected chi connectivity index (χ3v) is 6.10. The molecule has 7 nitrogen and oxygen atoms in total. The van der Waals surface area contributed by atoms with Crippen molar-refractivity contribution in [3.05, 3.63) is 107 Å². The third-order valence-electron chi connectivity index (χ3n) is 6.10. The van der Waals surface area contributed by atoms with Gasteiger partial charge in [-0.25, -0.2) is 9.48 Å². The van der Waals surface area contributed by atoms with E-state index in [9.17, 15) is 9.59 Å². The zero-order chi connectivity index (χ0) is 27.3.